The first-order valence-corrected chi connectivity index (χ1v) is 9.16. The van der Waals surface area contributed by atoms with Crippen LogP contribution in [0.5, 0.6) is 0 Å². The molecular weight excluding hydrogens is 338 g/mol. The second-order valence-corrected chi connectivity index (χ2v) is 7.46. The number of sulfonamides is 1. The van der Waals surface area contributed by atoms with Crippen LogP contribution >= 0.6 is 0 Å². The molecule has 0 aliphatic heterocycles. The van der Waals surface area contributed by atoms with E-state index in [0.717, 1.165) is 17.1 Å². The van der Waals surface area contributed by atoms with Gasteiger partial charge in [-0.15, -0.1) is 0 Å². The molecule has 8 heteroatoms. The average molecular weight is 357 g/mol. The van der Waals surface area contributed by atoms with Gasteiger partial charge in [0.1, 0.15) is 10.7 Å². The van der Waals surface area contributed by atoms with Crippen molar-refractivity contribution < 1.29 is 8.42 Å². The molecule has 2 aromatic heterocycles. The van der Waals surface area contributed by atoms with E-state index in [1.165, 1.54) is 17.1 Å². The van der Waals surface area contributed by atoms with E-state index in [-0.39, 0.29) is 11.4 Å². The molecule has 25 heavy (non-hydrogen) atoms. The first-order valence-electron chi connectivity index (χ1n) is 7.68. The zero-order valence-electron chi connectivity index (χ0n) is 14.0. The first-order chi connectivity index (χ1) is 12.0. The second-order valence-electron chi connectivity index (χ2n) is 5.70. The zero-order valence-corrected chi connectivity index (χ0v) is 14.8. The summed E-state index contributed by atoms with van der Waals surface area (Å²) in [6.07, 6.45) is 4.50. The molecule has 0 saturated carbocycles. The molecule has 0 amide bonds. The van der Waals surface area contributed by atoms with Gasteiger partial charge in [-0.25, -0.2) is 22.8 Å². The topological polar surface area (TPSA) is 80.1 Å². The van der Waals surface area contributed by atoms with E-state index >= 15 is 0 Å². The SMILES string of the molecule is CN(C)c1cc(CNS(=O)(=O)c2cnn(-c3ccccc3)c2)ccn1. The third-order valence-electron chi connectivity index (χ3n) is 3.62. The van der Waals surface area contributed by atoms with Gasteiger partial charge in [-0.05, 0) is 29.8 Å². The highest BCUT2D eigenvalue weighted by molar-refractivity contribution is 7.89. The number of para-hydroxylation sites is 1. The monoisotopic (exact) mass is 357 g/mol. The minimum atomic E-state index is -3.65. The van der Waals surface area contributed by atoms with E-state index in [9.17, 15) is 8.42 Å². The zero-order chi connectivity index (χ0) is 17.9. The Morgan fingerprint density at radius 3 is 2.64 bits per heavy atom. The summed E-state index contributed by atoms with van der Waals surface area (Å²) in [4.78, 5) is 6.20. The molecule has 0 spiro atoms. The molecule has 130 valence electrons. The minimum Gasteiger partial charge on any atom is -0.363 e. The molecular formula is C17H19N5O2S. The van der Waals surface area contributed by atoms with E-state index in [0.29, 0.717) is 0 Å². The van der Waals surface area contributed by atoms with Crippen molar-refractivity contribution in [3.8, 4) is 5.69 Å². The molecule has 2 heterocycles. The maximum Gasteiger partial charge on any atom is 0.244 e. The largest absolute Gasteiger partial charge is 0.363 e. The fourth-order valence-corrected chi connectivity index (χ4v) is 3.19. The standard InChI is InChI=1S/C17H19N5O2S/c1-21(2)17-10-14(8-9-18-17)11-20-25(23,24)16-12-19-22(13-16)15-6-4-3-5-7-15/h3-10,12-13,20H,11H2,1-2H3. The maximum absolute atomic E-state index is 12.5. The lowest BCUT2D eigenvalue weighted by molar-refractivity contribution is 0.581. The quantitative estimate of drug-likeness (QED) is 0.728. The van der Waals surface area contributed by atoms with Gasteiger partial charge in [0.2, 0.25) is 10.0 Å². The molecule has 3 aromatic rings. The van der Waals surface area contributed by atoms with Gasteiger partial charge in [-0.1, -0.05) is 18.2 Å². The predicted octanol–water partition coefficient (Wildman–Crippen LogP) is 1.81. The van der Waals surface area contributed by atoms with E-state index in [1.807, 2.05) is 55.4 Å². The predicted molar refractivity (Wildman–Crippen MR) is 96.2 cm³/mol. The Morgan fingerprint density at radius 1 is 1.16 bits per heavy atom. The molecule has 1 aromatic carbocycles. The Morgan fingerprint density at radius 2 is 1.92 bits per heavy atom. The molecule has 7 nitrogen and oxygen atoms in total. The van der Waals surface area contributed by atoms with Crippen LogP contribution in [0.15, 0.2) is 66.0 Å². The van der Waals surface area contributed by atoms with Gasteiger partial charge in [-0.2, -0.15) is 5.10 Å². The number of nitrogens with zero attached hydrogens (tertiary/aromatic N) is 4. The Kier molecular flexibility index (Phi) is 4.82. The number of hydrogen-bond donors (Lipinski definition) is 1. The van der Waals surface area contributed by atoms with Crippen LogP contribution in [0.3, 0.4) is 0 Å². The van der Waals surface area contributed by atoms with Crippen molar-refractivity contribution >= 4 is 15.8 Å². The van der Waals surface area contributed by atoms with Gasteiger partial charge in [0.15, 0.2) is 0 Å². The number of hydrogen-bond acceptors (Lipinski definition) is 5. The first kappa shape index (κ1) is 17.1. The summed E-state index contributed by atoms with van der Waals surface area (Å²) in [7, 11) is 0.120. The van der Waals surface area contributed by atoms with Crippen molar-refractivity contribution in [2.75, 3.05) is 19.0 Å². The van der Waals surface area contributed by atoms with Gasteiger partial charge >= 0.3 is 0 Å². The van der Waals surface area contributed by atoms with Crippen molar-refractivity contribution in [3.05, 3.63) is 66.6 Å². The van der Waals surface area contributed by atoms with Crippen LogP contribution in [-0.2, 0) is 16.6 Å². The molecule has 3 rings (SSSR count). The van der Waals surface area contributed by atoms with Crippen LogP contribution in [-0.4, -0.2) is 37.3 Å². The van der Waals surface area contributed by atoms with Gasteiger partial charge in [0.25, 0.3) is 0 Å². The summed E-state index contributed by atoms with van der Waals surface area (Å²) in [6.45, 7) is 0.183. The van der Waals surface area contributed by atoms with Gasteiger partial charge in [-0.3, -0.25) is 0 Å². The summed E-state index contributed by atoms with van der Waals surface area (Å²) < 4.78 is 29.1. The highest BCUT2D eigenvalue weighted by Gasteiger charge is 2.16. The number of anilines is 1. The van der Waals surface area contributed by atoms with Crippen LogP contribution in [0, 0.1) is 0 Å². The summed E-state index contributed by atoms with van der Waals surface area (Å²) >= 11 is 0. The van der Waals surface area contributed by atoms with Crippen molar-refractivity contribution in [1.82, 2.24) is 19.5 Å². The number of nitrogens with one attached hydrogen (secondary N) is 1. The van der Waals surface area contributed by atoms with Gasteiger partial charge in [0.05, 0.1) is 18.1 Å². The Bertz CT molecular complexity index is 952. The number of benzene rings is 1. The molecule has 0 unspecified atom stereocenters. The lowest BCUT2D eigenvalue weighted by atomic mass is 10.2. The Labute approximate surface area is 147 Å². The van der Waals surface area contributed by atoms with E-state index in [2.05, 4.69) is 14.8 Å². The number of rotatable bonds is 6. The van der Waals surface area contributed by atoms with Crippen molar-refractivity contribution in [2.24, 2.45) is 0 Å². The molecule has 0 radical (unpaired) electrons. The van der Waals surface area contributed by atoms with Crippen LogP contribution in [0.1, 0.15) is 5.56 Å². The fraction of sp³-hybridized carbons (Fsp3) is 0.176. The molecule has 0 saturated heterocycles. The van der Waals surface area contributed by atoms with Crippen LogP contribution in [0.25, 0.3) is 5.69 Å². The molecule has 0 atom stereocenters. The maximum atomic E-state index is 12.5. The second kappa shape index (κ2) is 7.04. The third-order valence-corrected chi connectivity index (χ3v) is 4.98. The molecule has 0 fully saturated rings. The van der Waals surface area contributed by atoms with Crippen LogP contribution in [0.4, 0.5) is 5.82 Å². The smallest absolute Gasteiger partial charge is 0.244 e. The lowest BCUT2D eigenvalue weighted by Crippen LogP contribution is -2.23. The summed E-state index contributed by atoms with van der Waals surface area (Å²) in [5.74, 6) is 0.772. The van der Waals surface area contributed by atoms with Gasteiger partial charge in [0, 0.05) is 26.8 Å². The Hall–Kier alpha value is -2.71. The normalized spacial score (nSPS) is 11.4. The molecule has 0 aliphatic rings. The highest BCUT2D eigenvalue weighted by atomic mass is 32.2. The van der Waals surface area contributed by atoms with Gasteiger partial charge < -0.3 is 4.90 Å². The van der Waals surface area contributed by atoms with Crippen molar-refractivity contribution in [2.45, 2.75) is 11.4 Å². The van der Waals surface area contributed by atoms with Crippen LogP contribution < -0.4 is 9.62 Å². The highest BCUT2D eigenvalue weighted by Crippen LogP contribution is 2.14. The average Bonchev–Trinajstić information content (AvgIpc) is 3.12. The van der Waals surface area contributed by atoms with Crippen molar-refractivity contribution in [1.29, 1.82) is 0 Å². The van der Waals surface area contributed by atoms with E-state index < -0.39 is 10.0 Å². The van der Waals surface area contributed by atoms with Crippen molar-refractivity contribution in [3.63, 3.8) is 0 Å². The molecule has 0 bridgehead atoms. The Balaban J connectivity index is 1.74. The number of pyridine rings is 1. The number of aromatic nitrogens is 3. The third kappa shape index (κ3) is 4.04. The molecule has 0 aliphatic carbocycles. The minimum absolute atomic E-state index is 0.123. The summed E-state index contributed by atoms with van der Waals surface area (Å²) in [5, 5.41) is 4.13. The summed E-state index contributed by atoms with van der Waals surface area (Å²) in [5.41, 5.74) is 1.63. The fourth-order valence-electron chi connectivity index (χ4n) is 2.24. The van der Waals surface area contributed by atoms with E-state index in [4.69, 9.17) is 0 Å². The van der Waals surface area contributed by atoms with E-state index in [1.54, 1.807) is 12.3 Å². The lowest BCUT2D eigenvalue weighted by Gasteiger charge is -2.12. The molecule has 1 N–H and O–H groups in total. The van der Waals surface area contributed by atoms with Crippen LogP contribution in [0.2, 0.25) is 0 Å². The summed E-state index contributed by atoms with van der Waals surface area (Å²) in [6, 6.07) is 13.0.